The van der Waals surface area contributed by atoms with Crippen LogP contribution in [-0.2, 0) is 16.1 Å². The van der Waals surface area contributed by atoms with Crippen molar-refractivity contribution in [2.75, 3.05) is 0 Å². The van der Waals surface area contributed by atoms with Gasteiger partial charge in [-0.25, -0.2) is 4.79 Å². The quantitative estimate of drug-likeness (QED) is 0.785. The lowest BCUT2D eigenvalue weighted by molar-refractivity contribution is -0.192. The number of carboxylic acids is 2. The van der Waals surface area contributed by atoms with Crippen LogP contribution in [0, 0.1) is 0 Å². The number of primary amides is 1. The van der Waals surface area contributed by atoms with Crippen molar-refractivity contribution in [1.29, 1.82) is 0 Å². The summed E-state index contributed by atoms with van der Waals surface area (Å²) in [4.78, 5) is 30.8. The number of carboxylic acid groups (broad SMARTS) is 2. The van der Waals surface area contributed by atoms with Crippen LogP contribution < -0.4 is 5.73 Å². The molecule has 10 heteroatoms. The first-order chi connectivity index (χ1) is 10.5. The van der Waals surface area contributed by atoms with E-state index in [0.717, 1.165) is 5.39 Å². The average molecular weight is 332 g/mol. The summed E-state index contributed by atoms with van der Waals surface area (Å²) in [6, 6.07) is 8.76. The Bertz CT molecular complexity index is 752. The van der Waals surface area contributed by atoms with Crippen molar-refractivity contribution in [3.05, 3.63) is 36.0 Å². The van der Waals surface area contributed by atoms with E-state index in [0.29, 0.717) is 5.52 Å². The van der Waals surface area contributed by atoms with Gasteiger partial charge in [0, 0.05) is 10.9 Å². The van der Waals surface area contributed by atoms with Gasteiger partial charge in [0.15, 0.2) is 0 Å². The lowest BCUT2D eigenvalue weighted by atomic mass is 10.2. The van der Waals surface area contributed by atoms with Crippen LogP contribution >= 0.6 is 0 Å². The van der Waals surface area contributed by atoms with Crippen molar-refractivity contribution in [3.63, 3.8) is 0 Å². The molecule has 0 fully saturated rings. The van der Waals surface area contributed by atoms with Crippen molar-refractivity contribution < 1.29 is 37.8 Å². The van der Waals surface area contributed by atoms with E-state index in [1.165, 1.54) is 4.57 Å². The Balaban J connectivity index is 0.000000322. The summed E-state index contributed by atoms with van der Waals surface area (Å²) in [5, 5.41) is 16.7. The molecule has 0 atom stereocenters. The van der Waals surface area contributed by atoms with Crippen molar-refractivity contribution in [2.45, 2.75) is 12.7 Å². The lowest BCUT2D eigenvalue weighted by Crippen LogP contribution is -2.21. The maximum absolute atomic E-state index is 11.2. The molecule has 2 rings (SSSR count). The van der Waals surface area contributed by atoms with Crippen LogP contribution in [0.4, 0.5) is 13.2 Å². The number of carbonyl (C=O) groups is 3. The first-order valence-electron chi connectivity index (χ1n) is 5.94. The molecule has 0 saturated heterocycles. The number of aliphatic carboxylic acids is 2. The van der Waals surface area contributed by atoms with Gasteiger partial charge in [0.1, 0.15) is 12.2 Å². The molecule has 4 N–H and O–H groups in total. The van der Waals surface area contributed by atoms with E-state index >= 15 is 0 Å². The molecular weight excluding hydrogens is 321 g/mol. The molecule has 0 radical (unpaired) electrons. The third kappa shape index (κ3) is 4.73. The fourth-order valence-electron chi connectivity index (χ4n) is 1.72. The Labute approximate surface area is 126 Å². The summed E-state index contributed by atoms with van der Waals surface area (Å²) in [7, 11) is 0. The molecule has 2 aromatic rings. The summed E-state index contributed by atoms with van der Waals surface area (Å²) in [6.45, 7) is -0.272. The minimum Gasteiger partial charge on any atom is -0.480 e. The number of para-hydroxylation sites is 1. The molecule has 0 aliphatic heterocycles. The molecule has 0 unspecified atom stereocenters. The first kappa shape index (κ1) is 18.0. The molecule has 1 aromatic carbocycles. The number of rotatable bonds is 3. The van der Waals surface area contributed by atoms with Gasteiger partial charge in [0.05, 0.1) is 0 Å². The lowest BCUT2D eigenvalue weighted by Gasteiger charge is -2.04. The number of halogens is 3. The van der Waals surface area contributed by atoms with Gasteiger partial charge in [-0.05, 0) is 12.1 Å². The average Bonchev–Trinajstić information content (AvgIpc) is 2.77. The highest BCUT2D eigenvalue weighted by Crippen LogP contribution is 2.19. The number of nitrogens with zero attached hydrogens (tertiary/aromatic N) is 1. The van der Waals surface area contributed by atoms with E-state index in [-0.39, 0.29) is 12.2 Å². The number of amides is 1. The largest absolute Gasteiger partial charge is 0.490 e. The van der Waals surface area contributed by atoms with Crippen LogP contribution in [0.25, 0.3) is 10.9 Å². The predicted octanol–water partition coefficient (Wildman–Crippen LogP) is 1.46. The van der Waals surface area contributed by atoms with Crippen LogP contribution in [0.3, 0.4) is 0 Å². The van der Waals surface area contributed by atoms with Crippen LogP contribution in [-0.4, -0.2) is 38.8 Å². The van der Waals surface area contributed by atoms with E-state index in [4.69, 9.17) is 20.7 Å². The minimum absolute atomic E-state index is 0.212. The number of carbonyl (C=O) groups excluding carboxylic acids is 1. The third-order valence-corrected chi connectivity index (χ3v) is 2.60. The predicted molar refractivity (Wildman–Crippen MR) is 71.8 cm³/mol. The monoisotopic (exact) mass is 332 g/mol. The Hall–Kier alpha value is -3.04. The number of nitrogens with two attached hydrogens (primary N) is 1. The van der Waals surface area contributed by atoms with Crippen LogP contribution in [0.5, 0.6) is 0 Å². The molecule has 0 saturated carbocycles. The standard InChI is InChI=1S/C11H10N2O3.C2HF3O2/c12-11(16)9-5-7-3-1-2-4-8(7)13(9)6-10(14)15;3-2(4,5)1(6)7/h1-5H,6H2,(H2,12,16)(H,14,15);(H,6,7). The van der Waals surface area contributed by atoms with Crippen molar-refractivity contribution in [2.24, 2.45) is 5.73 Å². The zero-order valence-corrected chi connectivity index (χ0v) is 11.4. The molecule has 0 spiro atoms. The second-order valence-corrected chi connectivity index (χ2v) is 4.24. The van der Waals surface area contributed by atoms with Gasteiger partial charge in [-0.3, -0.25) is 9.59 Å². The van der Waals surface area contributed by atoms with Gasteiger partial charge >= 0.3 is 18.1 Å². The van der Waals surface area contributed by atoms with Gasteiger partial charge in [0.25, 0.3) is 5.91 Å². The van der Waals surface area contributed by atoms with Gasteiger partial charge in [0.2, 0.25) is 0 Å². The zero-order chi connectivity index (χ0) is 17.8. The zero-order valence-electron chi connectivity index (χ0n) is 11.4. The van der Waals surface area contributed by atoms with Crippen LogP contribution in [0.2, 0.25) is 0 Å². The summed E-state index contributed by atoms with van der Waals surface area (Å²) in [5.41, 5.74) is 6.11. The fraction of sp³-hybridized carbons (Fsp3) is 0.154. The van der Waals surface area contributed by atoms with E-state index < -0.39 is 24.0 Å². The number of hydrogen-bond donors (Lipinski definition) is 3. The topological polar surface area (TPSA) is 123 Å². The number of alkyl halides is 3. The van der Waals surface area contributed by atoms with E-state index in [9.17, 15) is 22.8 Å². The highest BCUT2D eigenvalue weighted by molar-refractivity contribution is 5.98. The number of benzene rings is 1. The Kier molecular flexibility index (Phi) is 5.34. The molecule has 1 amide bonds. The summed E-state index contributed by atoms with van der Waals surface area (Å²) >= 11 is 0. The molecule has 23 heavy (non-hydrogen) atoms. The molecule has 0 bridgehead atoms. The molecule has 1 aromatic heterocycles. The van der Waals surface area contributed by atoms with E-state index in [1.54, 1.807) is 24.3 Å². The second-order valence-electron chi connectivity index (χ2n) is 4.24. The normalized spacial score (nSPS) is 10.7. The highest BCUT2D eigenvalue weighted by Gasteiger charge is 2.38. The van der Waals surface area contributed by atoms with Gasteiger partial charge in [-0.15, -0.1) is 0 Å². The van der Waals surface area contributed by atoms with Gasteiger partial charge in [-0.1, -0.05) is 18.2 Å². The van der Waals surface area contributed by atoms with Crippen LogP contribution in [0.15, 0.2) is 30.3 Å². The maximum Gasteiger partial charge on any atom is 0.490 e. The fourth-order valence-corrected chi connectivity index (χ4v) is 1.72. The third-order valence-electron chi connectivity index (χ3n) is 2.60. The van der Waals surface area contributed by atoms with Gasteiger partial charge in [-0.2, -0.15) is 13.2 Å². The Morgan fingerprint density at radius 3 is 2.09 bits per heavy atom. The second kappa shape index (κ2) is 6.81. The van der Waals surface area contributed by atoms with Crippen molar-refractivity contribution >= 4 is 28.7 Å². The SMILES string of the molecule is NC(=O)c1cc2ccccc2n1CC(=O)O.O=C(O)C(F)(F)F. The number of aromatic nitrogens is 1. The Morgan fingerprint density at radius 1 is 1.13 bits per heavy atom. The van der Waals surface area contributed by atoms with Crippen LogP contribution in [0.1, 0.15) is 10.5 Å². The van der Waals surface area contributed by atoms with Crippen molar-refractivity contribution in [3.8, 4) is 0 Å². The van der Waals surface area contributed by atoms with Gasteiger partial charge < -0.3 is 20.5 Å². The number of hydrogen-bond acceptors (Lipinski definition) is 3. The van der Waals surface area contributed by atoms with E-state index in [2.05, 4.69) is 0 Å². The first-order valence-corrected chi connectivity index (χ1v) is 5.94. The molecule has 0 aliphatic carbocycles. The smallest absolute Gasteiger partial charge is 0.480 e. The maximum atomic E-state index is 11.2. The van der Waals surface area contributed by atoms with E-state index in [1.807, 2.05) is 6.07 Å². The summed E-state index contributed by atoms with van der Waals surface area (Å²) in [5.74, 6) is -4.39. The van der Waals surface area contributed by atoms with Crippen molar-refractivity contribution in [1.82, 2.24) is 4.57 Å². The minimum atomic E-state index is -5.08. The summed E-state index contributed by atoms with van der Waals surface area (Å²) in [6.07, 6.45) is -5.08. The summed E-state index contributed by atoms with van der Waals surface area (Å²) < 4.78 is 33.1. The molecular formula is C13H11F3N2O5. The molecule has 7 nitrogen and oxygen atoms in total. The number of fused-ring (bicyclic) bond motifs is 1. The molecule has 124 valence electrons. The molecule has 0 aliphatic rings. The molecule has 1 heterocycles. The Morgan fingerprint density at radius 2 is 1.65 bits per heavy atom. The highest BCUT2D eigenvalue weighted by atomic mass is 19.4.